The van der Waals surface area contributed by atoms with Gasteiger partial charge in [0.1, 0.15) is 5.92 Å². The number of carbonyl (C=O) groups is 2. The number of fused-ring (bicyclic) bond motifs is 1. The Kier molecular flexibility index (Phi) is 3.50. The van der Waals surface area contributed by atoms with E-state index in [0.29, 0.717) is 10.7 Å². The topological polar surface area (TPSA) is 86.6 Å². The van der Waals surface area contributed by atoms with Crippen LogP contribution in [0.3, 0.4) is 0 Å². The van der Waals surface area contributed by atoms with Crippen molar-refractivity contribution in [3.8, 4) is 11.5 Å². The molecule has 3 rings (SSSR count). The van der Waals surface area contributed by atoms with Crippen molar-refractivity contribution in [2.75, 3.05) is 5.32 Å². The number of anilines is 1. The molecule has 22 heavy (non-hydrogen) atoms. The number of amides is 1. The number of phenolic OH excluding ortho intramolecular Hbond substituents is 2. The second kappa shape index (κ2) is 5.35. The zero-order chi connectivity index (χ0) is 15.9. The number of phenols is 2. The molecule has 0 aliphatic carbocycles. The van der Waals surface area contributed by atoms with Crippen molar-refractivity contribution in [3.05, 3.63) is 52.5 Å². The SMILES string of the molecule is O=C1Nc2ccc(Cl)cc2CC1C(=O)c1ccc(O)c(O)c1. The lowest BCUT2D eigenvalue weighted by atomic mass is 9.87. The maximum Gasteiger partial charge on any atom is 0.235 e. The molecule has 5 nitrogen and oxygen atoms in total. The van der Waals surface area contributed by atoms with E-state index < -0.39 is 23.4 Å². The van der Waals surface area contributed by atoms with Crippen LogP contribution >= 0.6 is 11.6 Å². The number of hydrogen-bond donors (Lipinski definition) is 3. The first-order valence-corrected chi connectivity index (χ1v) is 6.99. The lowest BCUT2D eigenvalue weighted by molar-refractivity contribution is -0.118. The van der Waals surface area contributed by atoms with Crippen LogP contribution in [0.1, 0.15) is 15.9 Å². The van der Waals surface area contributed by atoms with E-state index in [1.807, 2.05) is 0 Å². The van der Waals surface area contributed by atoms with Gasteiger partial charge < -0.3 is 15.5 Å². The van der Waals surface area contributed by atoms with E-state index in [9.17, 15) is 19.8 Å². The largest absolute Gasteiger partial charge is 0.504 e. The summed E-state index contributed by atoms with van der Waals surface area (Å²) < 4.78 is 0. The summed E-state index contributed by atoms with van der Waals surface area (Å²) in [7, 11) is 0. The first kappa shape index (κ1) is 14.4. The number of ketones is 1. The van der Waals surface area contributed by atoms with Crippen LogP contribution in [0.4, 0.5) is 5.69 Å². The Morgan fingerprint density at radius 3 is 2.64 bits per heavy atom. The lowest BCUT2D eigenvalue weighted by Gasteiger charge is -2.24. The maximum atomic E-state index is 12.5. The molecule has 3 N–H and O–H groups in total. The van der Waals surface area contributed by atoms with Crippen LogP contribution in [0, 0.1) is 5.92 Å². The molecule has 6 heteroatoms. The van der Waals surface area contributed by atoms with Gasteiger partial charge in [0.25, 0.3) is 0 Å². The molecular weight excluding hydrogens is 306 g/mol. The second-order valence-electron chi connectivity index (χ2n) is 5.12. The fraction of sp³-hybridized carbons (Fsp3) is 0.125. The van der Waals surface area contributed by atoms with Gasteiger partial charge in [0.05, 0.1) is 0 Å². The molecule has 1 unspecified atom stereocenters. The standard InChI is InChI=1S/C16H12ClNO4/c17-10-2-3-12-9(5-10)6-11(16(22)18-12)15(21)8-1-4-13(19)14(20)7-8/h1-5,7,11,19-20H,6H2,(H,18,22). The van der Waals surface area contributed by atoms with Crippen LogP contribution in [-0.4, -0.2) is 21.9 Å². The Morgan fingerprint density at radius 2 is 1.91 bits per heavy atom. The van der Waals surface area contributed by atoms with Gasteiger partial charge in [-0.05, 0) is 48.4 Å². The number of carbonyl (C=O) groups excluding carboxylic acids is 2. The summed E-state index contributed by atoms with van der Waals surface area (Å²) in [6.07, 6.45) is 0.238. The highest BCUT2D eigenvalue weighted by Crippen LogP contribution is 2.31. The summed E-state index contributed by atoms with van der Waals surface area (Å²) in [6, 6.07) is 8.82. The van der Waals surface area contributed by atoms with E-state index in [1.165, 1.54) is 12.1 Å². The summed E-state index contributed by atoms with van der Waals surface area (Å²) >= 11 is 5.94. The molecule has 2 aromatic rings. The summed E-state index contributed by atoms with van der Waals surface area (Å²) in [5, 5.41) is 22.0. The highest BCUT2D eigenvalue weighted by atomic mass is 35.5. The summed E-state index contributed by atoms with van der Waals surface area (Å²) in [6.45, 7) is 0. The van der Waals surface area contributed by atoms with E-state index in [1.54, 1.807) is 18.2 Å². The Balaban J connectivity index is 1.93. The minimum absolute atomic E-state index is 0.168. The number of hydrogen-bond acceptors (Lipinski definition) is 4. The normalized spacial score (nSPS) is 16.8. The number of nitrogens with one attached hydrogen (secondary N) is 1. The monoisotopic (exact) mass is 317 g/mol. The molecule has 112 valence electrons. The average molecular weight is 318 g/mol. The predicted octanol–water partition coefficient (Wildman–Crippen LogP) is 2.74. The van der Waals surface area contributed by atoms with Crippen LogP contribution in [0.25, 0.3) is 0 Å². The number of Topliss-reactive ketones (excluding diaryl/α,β-unsaturated/α-hetero) is 1. The minimum Gasteiger partial charge on any atom is -0.504 e. The van der Waals surface area contributed by atoms with Crippen LogP contribution in [0.15, 0.2) is 36.4 Å². The zero-order valence-electron chi connectivity index (χ0n) is 11.3. The van der Waals surface area contributed by atoms with E-state index in [-0.39, 0.29) is 17.7 Å². The number of halogens is 1. The number of aromatic hydroxyl groups is 2. The van der Waals surface area contributed by atoms with Gasteiger partial charge in [-0.2, -0.15) is 0 Å². The Hall–Kier alpha value is -2.53. The van der Waals surface area contributed by atoms with Crippen molar-refractivity contribution in [1.82, 2.24) is 0 Å². The third-order valence-electron chi connectivity index (χ3n) is 3.64. The van der Waals surface area contributed by atoms with Gasteiger partial charge >= 0.3 is 0 Å². The van der Waals surface area contributed by atoms with Gasteiger partial charge in [0.2, 0.25) is 5.91 Å². The molecule has 1 heterocycles. The molecule has 1 atom stereocenters. The van der Waals surface area contributed by atoms with Gasteiger partial charge in [-0.15, -0.1) is 0 Å². The fourth-order valence-electron chi connectivity index (χ4n) is 2.48. The third-order valence-corrected chi connectivity index (χ3v) is 3.88. The Morgan fingerprint density at radius 1 is 1.14 bits per heavy atom. The second-order valence-corrected chi connectivity index (χ2v) is 5.55. The van der Waals surface area contributed by atoms with Crippen molar-refractivity contribution in [2.24, 2.45) is 5.92 Å². The van der Waals surface area contributed by atoms with E-state index in [2.05, 4.69) is 5.32 Å². The first-order valence-electron chi connectivity index (χ1n) is 6.61. The molecule has 1 amide bonds. The van der Waals surface area contributed by atoms with Crippen molar-refractivity contribution < 1.29 is 19.8 Å². The van der Waals surface area contributed by atoms with Crippen LogP contribution in [-0.2, 0) is 11.2 Å². The van der Waals surface area contributed by atoms with Crippen LogP contribution in [0.2, 0.25) is 5.02 Å². The Labute approximate surface area is 131 Å². The first-order chi connectivity index (χ1) is 10.5. The van der Waals surface area contributed by atoms with Crippen molar-refractivity contribution in [3.63, 3.8) is 0 Å². The molecule has 0 fully saturated rings. The quantitative estimate of drug-likeness (QED) is 0.451. The van der Waals surface area contributed by atoms with Crippen molar-refractivity contribution in [2.45, 2.75) is 6.42 Å². The molecule has 0 spiro atoms. The summed E-state index contributed by atoms with van der Waals surface area (Å²) in [5.74, 6) is -2.42. The highest BCUT2D eigenvalue weighted by molar-refractivity contribution is 6.30. The van der Waals surface area contributed by atoms with E-state index in [4.69, 9.17) is 11.6 Å². The number of benzene rings is 2. The molecule has 0 radical (unpaired) electrons. The molecule has 2 aromatic carbocycles. The van der Waals surface area contributed by atoms with Gasteiger partial charge in [0.15, 0.2) is 17.3 Å². The van der Waals surface area contributed by atoms with Gasteiger partial charge in [0, 0.05) is 16.3 Å². The smallest absolute Gasteiger partial charge is 0.235 e. The van der Waals surface area contributed by atoms with Gasteiger partial charge in [-0.3, -0.25) is 9.59 Å². The lowest BCUT2D eigenvalue weighted by Crippen LogP contribution is -2.35. The molecule has 0 bridgehead atoms. The molecule has 0 aromatic heterocycles. The molecule has 0 saturated heterocycles. The Bertz CT molecular complexity index is 788. The molecular formula is C16H12ClNO4. The molecule has 1 aliphatic rings. The van der Waals surface area contributed by atoms with E-state index >= 15 is 0 Å². The zero-order valence-corrected chi connectivity index (χ0v) is 12.1. The van der Waals surface area contributed by atoms with Crippen LogP contribution < -0.4 is 5.32 Å². The maximum absolute atomic E-state index is 12.5. The highest BCUT2D eigenvalue weighted by Gasteiger charge is 2.33. The molecule has 1 aliphatic heterocycles. The average Bonchev–Trinajstić information content (AvgIpc) is 2.49. The van der Waals surface area contributed by atoms with Crippen LogP contribution in [0.5, 0.6) is 11.5 Å². The predicted molar refractivity (Wildman–Crippen MR) is 81.4 cm³/mol. The summed E-state index contributed by atoms with van der Waals surface area (Å²) in [4.78, 5) is 24.6. The fourth-order valence-corrected chi connectivity index (χ4v) is 2.67. The van der Waals surface area contributed by atoms with E-state index in [0.717, 1.165) is 11.6 Å². The minimum atomic E-state index is -0.894. The van der Waals surface area contributed by atoms with Crippen molar-refractivity contribution in [1.29, 1.82) is 0 Å². The number of rotatable bonds is 2. The summed E-state index contributed by atoms with van der Waals surface area (Å²) in [5.41, 5.74) is 1.60. The van der Waals surface area contributed by atoms with Crippen molar-refractivity contribution >= 4 is 29.0 Å². The molecule has 0 saturated carbocycles. The van der Waals surface area contributed by atoms with Gasteiger partial charge in [-0.1, -0.05) is 11.6 Å². The van der Waals surface area contributed by atoms with Gasteiger partial charge in [-0.25, -0.2) is 0 Å². The third kappa shape index (κ3) is 2.51.